The number of allylic oxidation sites excluding steroid dienone is 1. The average Bonchev–Trinajstić information content (AvgIpc) is 3.32. The van der Waals surface area contributed by atoms with Crippen molar-refractivity contribution >= 4 is 51.4 Å². The SMILES string of the molecule is CCC1=C(Cl)N=C(C(=O)N[C@@H]2CCN(c3nc(C(C)=O)c(C(=O)O)s3)C[C@@H]2OC)C1. The number of aromatic nitrogens is 1. The third-order valence-electron chi connectivity index (χ3n) is 5.19. The number of carboxylic acid groups (broad SMARTS) is 1. The second-order valence-corrected chi connectivity index (χ2v) is 8.44. The molecule has 0 radical (unpaired) electrons. The molecule has 1 fully saturated rings. The van der Waals surface area contributed by atoms with Gasteiger partial charge in [-0.2, -0.15) is 0 Å². The molecule has 162 valence electrons. The van der Waals surface area contributed by atoms with Crippen molar-refractivity contribution in [1.29, 1.82) is 0 Å². The standard InChI is InChI=1S/C19H23ClN4O5S/c1-4-10-7-12(21-16(10)20)17(26)22-11-5-6-24(8-13(11)29-3)19-23-14(9(2)25)15(30-19)18(27)28/h11,13H,4-8H2,1-3H3,(H,22,26)(H,27,28)/t11-,13+/m1/s1. The van der Waals surface area contributed by atoms with E-state index in [4.69, 9.17) is 16.3 Å². The van der Waals surface area contributed by atoms with Crippen LogP contribution < -0.4 is 10.2 Å². The number of piperidine rings is 1. The number of methoxy groups -OCH3 is 1. The second-order valence-electron chi connectivity index (χ2n) is 7.11. The highest BCUT2D eigenvalue weighted by atomic mass is 35.5. The number of aromatic carboxylic acids is 1. The van der Waals surface area contributed by atoms with Gasteiger partial charge < -0.3 is 20.1 Å². The van der Waals surface area contributed by atoms with E-state index in [0.717, 1.165) is 23.3 Å². The minimum Gasteiger partial charge on any atom is -0.477 e. The van der Waals surface area contributed by atoms with Gasteiger partial charge in [-0.3, -0.25) is 9.59 Å². The van der Waals surface area contributed by atoms with E-state index in [1.54, 1.807) is 7.11 Å². The Bertz CT molecular complexity index is 910. The lowest BCUT2D eigenvalue weighted by molar-refractivity contribution is -0.116. The van der Waals surface area contributed by atoms with Crippen molar-refractivity contribution in [3.63, 3.8) is 0 Å². The van der Waals surface area contributed by atoms with E-state index in [0.29, 0.717) is 41.9 Å². The number of halogens is 1. The van der Waals surface area contributed by atoms with Gasteiger partial charge in [0, 0.05) is 33.5 Å². The first-order valence-electron chi connectivity index (χ1n) is 9.53. The summed E-state index contributed by atoms with van der Waals surface area (Å²) in [5, 5.41) is 13.1. The highest BCUT2D eigenvalue weighted by molar-refractivity contribution is 7.17. The summed E-state index contributed by atoms with van der Waals surface area (Å²) in [6, 6.07) is -0.239. The Morgan fingerprint density at radius 3 is 2.67 bits per heavy atom. The van der Waals surface area contributed by atoms with Gasteiger partial charge in [0.1, 0.15) is 21.4 Å². The molecule has 0 bridgehead atoms. The summed E-state index contributed by atoms with van der Waals surface area (Å²) in [6.07, 6.45) is 1.42. The fourth-order valence-corrected chi connectivity index (χ4v) is 4.78. The molecule has 30 heavy (non-hydrogen) atoms. The number of ether oxygens (including phenoxy) is 1. The van der Waals surface area contributed by atoms with Crippen LogP contribution in [-0.2, 0) is 9.53 Å². The molecular weight excluding hydrogens is 432 g/mol. The Balaban J connectivity index is 1.68. The van der Waals surface area contributed by atoms with Crippen molar-refractivity contribution in [3.8, 4) is 0 Å². The van der Waals surface area contributed by atoms with Crippen molar-refractivity contribution in [2.24, 2.45) is 4.99 Å². The molecule has 2 aliphatic heterocycles. The van der Waals surface area contributed by atoms with Crippen molar-refractivity contribution in [3.05, 3.63) is 21.3 Å². The minimum atomic E-state index is -1.18. The summed E-state index contributed by atoms with van der Waals surface area (Å²) in [7, 11) is 1.56. The van der Waals surface area contributed by atoms with Crippen LogP contribution >= 0.6 is 22.9 Å². The number of carboxylic acids is 1. The lowest BCUT2D eigenvalue weighted by atomic mass is 10.0. The molecule has 9 nitrogen and oxygen atoms in total. The van der Waals surface area contributed by atoms with Crippen LogP contribution in [0.3, 0.4) is 0 Å². The van der Waals surface area contributed by atoms with Gasteiger partial charge in [-0.25, -0.2) is 14.8 Å². The molecule has 1 aromatic rings. The number of carbonyl (C=O) groups is 3. The topological polar surface area (TPSA) is 121 Å². The number of ketones is 1. The summed E-state index contributed by atoms with van der Waals surface area (Å²) in [5.74, 6) is -1.83. The molecule has 0 aliphatic carbocycles. The normalized spacial score (nSPS) is 21.6. The van der Waals surface area contributed by atoms with Crippen LogP contribution in [-0.4, -0.2) is 65.8 Å². The van der Waals surface area contributed by atoms with Gasteiger partial charge in [0.15, 0.2) is 10.9 Å². The quantitative estimate of drug-likeness (QED) is 0.479. The Labute approximate surface area is 182 Å². The van der Waals surface area contributed by atoms with Gasteiger partial charge in [-0.1, -0.05) is 29.9 Å². The summed E-state index contributed by atoms with van der Waals surface area (Å²) in [6.45, 7) is 4.19. The predicted molar refractivity (Wildman–Crippen MR) is 114 cm³/mol. The lowest BCUT2D eigenvalue weighted by Gasteiger charge is -2.37. The van der Waals surface area contributed by atoms with Crippen molar-refractivity contribution < 1.29 is 24.2 Å². The Hall–Kier alpha value is -2.30. The number of Topliss-reactive ketones (excluding diaryl/α,β-unsaturated/α-hetero) is 1. The smallest absolute Gasteiger partial charge is 0.348 e. The molecule has 3 rings (SSSR count). The molecule has 0 spiro atoms. The molecule has 1 amide bonds. The Morgan fingerprint density at radius 2 is 2.13 bits per heavy atom. The van der Waals surface area contributed by atoms with E-state index in [1.807, 2.05) is 11.8 Å². The zero-order valence-electron chi connectivity index (χ0n) is 16.9. The maximum Gasteiger partial charge on any atom is 0.348 e. The van der Waals surface area contributed by atoms with Gasteiger partial charge in [-0.15, -0.1) is 0 Å². The van der Waals surface area contributed by atoms with E-state index >= 15 is 0 Å². The second kappa shape index (κ2) is 9.23. The predicted octanol–water partition coefficient (Wildman–Crippen LogP) is 2.46. The van der Waals surface area contributed by atoms with Crippen molar-refractivity contribution in [2.45, 2.75) is 45.3 Å². The number of hydrogen-bond acceptors (Lipinski definition) is 8. The maximum atomic E-state index is 12.6. The molecule has 1 saturated heterocycles. The zero-order valence-corrected chi connectivity index (χ0v) is 18.5. The molecule has 0 aromatic carbocycles. The van der Waals surface area contributed by atoms with Gasteiger partial charge in [0.05, 0.1) is 12.1 Å². The number of thiazole rings is 1. The highest BCUT2D eigenvalue weighted by Gasteiger charge is 2.34. The third kappa shape index (κ3) is 4.55. The van der Waals surface area contributed by atoms with Crippen molar-refractivity contribution in [2.75, 3.05) is 25.1 Å². The molecular formula is C19H23ClN4O5S. The molecule has 11 heteroatoms. The minimum absolute atomic E-state index is 0.0396. The fraction of sp³-hybridized carbons (Fsp3) is 0.526. The molecule has 0 unspecified atom stereocenters. The van der Waals surface area contributed by atoms with E-state index < -0.39 is 11.8 Å². The van der Waals surface area contributed by atoms with E-state index in [2.05, 4.69) is 15.3 Å². The summed E-state index contributed by atoms with van der Waals surface area (Å²) >= 11 is 7.04. The van der Waals surface area contributed by atoms with E-state index in [-0.39, 0.29) is 28.6 Å². The number of rotatable bonds is 7. The molecule has 2 aliphatic rings. The molecule has 2 N–H and O–H groups in total. The lowest BCUT2D eigenvalue weighted by Crippen LogP contribution is -2.55. The Kier molecular flexibility index (Phi) is 6.89. The fourth-order valence-electron chi connectivity index (χ4n) is 3.49. The van der Waals surface area contributed by atoms with Gasteiger partial charge in [-0.05, 0) is 18.4 Å². The number of nitrogens with one attached hydrogen (secondary N) is 1. The van der Waals surface area contributed by atoms with Crippen LogP contribution in [0.1, 0.15) is 53.3 Å². The van der Waals surface area contributed by atoms with Crippen LogP contribution in [0.2, 0.25) is 0 Å². The number of hydrogen-bond donors (Lipinski definition) is 2. The molecule has 0 saturated carbocycles. The first kappa shape index (κ1) is 22.4. The third-order valence-corrected chi connectivity index (χ3v) is 6.64. The van der Waals surface area contributed by atoms with E-state index in [9.17, 15) is 19.5 Å². The molecule has 3 heterocycles. The summed E-state index contributed by atoms with van der Waals surface area (Å²) in [4.78, 5) is 46.0. The van der Waals surface area contributed by atoms with Gasteiger partial charge >= 0.3 is 5.97 Å². The zero-order chi connectivity index (χ0) is 22.0. The van der Waals surface area contributed by atoms with Crippen LogP contribution in [0.4, 0.5) is 5.13 Å². The van der Waals surface area contributed by atoms with Gasteiger partial charge in [0.25, 0.3) is 5.91 Å². The first-order valence-corrected chi connectivity index (χ1v) is 10.7. The summed E-state index contributed by atoms with van der Waals surface area (Å²) < 4.78 is 5.58. The number of amides is 1. The van der Waals surface area contributed by atoms with Crippen LogP contribution in [0.5, 0.6) is 0 Å². The van der Waals surface area contributed by atoms with Gasteiger partial charge in [0.2, 0.25) is 0 Å². The maximum absolute atomic E-state index is 12.6. The van der Waals surface area contributed by atoms with Crippen LogP contribution in [0.25, 0.3) is 0 Å². The van der Waals surface area contributed by atoms with Crippen LogP contribution in [0.15, 0.2) is 15.7 Å². The van der Waals surface area contributed by atoms with Crippen LogP contribution in [0, 0.1) is 0 Å². The van der Waals surface area contributed by atoms with E-state index in [1.165, 1.54) is 6.92 Å². The first-order chi connectivity index (χ1) is 14.2. The molecule has 2 atom stereocenters. The largest absolute Gasteiger partial charge is 0.477 e. The number of nitrogens with zero attached hydrogens (tertiary/aromatic N) is 3. The van der Waals surface area contributed by atoms with Crippen molar-refractivity contribution in [1.82, 2.24) is 10.3 Å². The highest BCUT2D eigenvalue weighted by Crippen LogP contribution is 2.30. The monoisotopic (exact) mass is 454 g/mol. The summed E-state index contributed by atoms with van der Waals surface area (Å²) in [5.41, 5.74) is 1.30. The average molecular weight is 455 g/mol. The molecule has 1 aromatic heterocycles. The number of aliphatic imine (C=N–C) groups is 1. The Morgan fingerprint density at radius 1 is 1.40 bits per heavy atom. The number of anilines is 1. The number of carbonyl (C=O) groups excluding carboxylic acids is 2.